The first kappa shape index (κ1) is 26.2. The van der Waals surface area contributed by atoms with E-state index in [9.17, 15) is 9.90 Å². The topological polar surface area (TPSA) is 105 Å². The maximum atomic E-state index is 13.6. The lowest BCUT2D eigenvalue weighted by molar-refractivity contribution is -0.338. The summed E-state index contributed by atoms with van der Waals surface area (Å²) in [5.41, 5.74) is 0.677. The van der Waals surface area contributed by atoms with Gasteiger partial charge in [0.25, 0.3) is 0 Å². The lowest BCUT2D eigenvalue weighted by Gasteiger charge is -2.61. The van der Waals surface area contributed by atoms with Crippen molar-refractivity contribution < 1.29 is 43.1 Å². The van der Waals surface area contributed by atoms with Crippen LogP contribution >= 0.6 is 0 Å². The Morgan fingerprint density at radius 2 is 1.72 bits per heavy atom. The summed E-state index contributed by atoms with van der Waals surface area (Å²) in [5, 5.41) is 11.6. The summed E-state index contributed by atoms with van der Waals surface area (Å²) in [7, 11) is 9.85. The zero-order valence-electron chi connectivity index (χ0n) is 23.1. The van der Waals surface area contributed by atoms with E-state index in [1.165, 1.54) is 14.2 Å². The second kappa shape index (κ2) is 8.99. The summed E-state index contributed by atoms with van der Waals surface area (Å²) >= 11 is 0. The first-order valence-electron chi connectivity index (χ1n) is 13.1. The Kier molecular flexibility index (Phi) is 6.03. The molecule has 2 aromatic carbocycles. The van der Waals surface area contributed by atoms with E-state index in [4.69, 9.17) is 33.2 Å². The smallest absolute Gasteiger partial charge is 0.338 e. The summed E-state index contributed by atoms with van der Waals surface area (Å²) in [6.07, 6.45) is -0.0486. The molecule has 6 atom stereocenters. The molecule has 210 valence electrons. The van der Waals surface area contributed by atoms with Gasteiger partial charge in [0.15, 0.2) is 23.0 Å². The number of benzene rings is 2. The molecule has 0 radical (unpaired) electrons. The van der Waals surface area contributed by atoms with Gasteiger partial charge in [-0.1, -0.05) is 6.07 Å². The van der Waals surface area contributed by atoms with Gasteiger partial charge in [-0.25, -0.2) is 4.79 Å². The molecule has 10 nitrogen and oxygen atoms in total. The molecule has 2 aliphatic heterocycles. The van der Waals surface area contributed by atoms with Gasteiger partial charge in [-0.05, 0) is 56.3 Å². The number of likely N-dealkylation sites (N-methyl/N-ethyl adjacent to an activating group) is 1. The predicted octanol–water partition coefficient (Wildman–Crippen LogP) is 3.19. The SMILES string of the molecule is COc1ccc(C(=O)OC2CC34CCN(C)C35CC(OC5(OC)C2OC)c2ccc(OC)c(O)c24)cc1OC. The van der Waals surface area contributed by atoms with Crippen LogP contribution in [0.2, 0.25) is 0 Å². The van der Waals surface area contributed by atoms with Crippen LogP contribution in [0.1, 0.15) is 46.9 Å². The number of hydrogen-bond donors (Lipinski definition) is 1. The standard InChI is InChI=1S/C29H35NO9/c1-30-12-11-27-14-22(38-26(32)16-7-9-18(33-2)20(13-16)35-4)25(36-5)29(37-6)28(27,30)15-21(39-29)17-8-10-19(34-3)24(31)23(17)27/h7-10,13,21-22,25,31H,11-12,14-15H2,1-6H3. The van der Waals surface area contributed by atoms with Crippen LogP contribution in [0.15, 0.2) is 30.3 Å². The molecular formula is C29H35NO9. The van der Waals surface area contributed by atoms with Crippen molar-refractivity contribution in [3.05, 3.63) is 47.0 Å². The van der Waals surface area contributed by atoms with Gasteiger partial charge in [-0.3, -0.25) is 4.90 Å². The van der Waals surface area contributed by atoms with Crippen LogP contribution < -0.4 is 14.2 Å². The number of hydrogen-bond acceptors (Lipinski definition) is 10. The van der Waals surface area contributed by atoms with E-state index in [0.717, 1.165) is 17.7 Å². The largest absolute Gasteiger partial charge is 0.504 e. The van der Waals surface area contributed by atoms with E-state index in [-0.39, 0.29) is 11.9 Å². The number of carbonyl (C=O) groups excluding carboxylic acids is 1. The van der Waals surface area contributed by atoms with Crippen molar-refractivity contribution in [3.63, 3.8) is 0 Å². The van der Waals surface area contributed by atoms with Crippen LogP contribution in [-0.4, -0.2) is 88.7 Å². The maximum Gasteiger partial charge on any atom is 0.338 e. The summed E-state index contributed by atoms with van der Waals surface area (Å²) in [4.78, 5) is 15.8. The highest BCUT2D eigenvalue weighted by molar-refractivity contribution is 5.90. The Labute approximate surface area is 227 Å². The van der Waals surface area contributed by atoms with Crippen LogP contribution in [0.3, 0.4) is 0 Å². The van der Waals surface area contributed by atoms with E-state index < -0.39 is 34.9 Å². The van der Waals surface area contributed by atoms with Gasteiger partial charge in [-0.15, -0.1) is 0 Å². The lowest BCUT2D eigenvalue weighted by Crippen LogP contribution is -2.77. The Hall–Kier alpha value is -3.05. The van der Waals surface area contributed by atoms with Crippen molar-refractivity contribution in [1.82, 2.24) is 4.90 Å². The van der Waals surface area contributed by atoms with Crippen molar-refractivity contribution in [2.24, 2.45) is 0 Å². The lowest BCUT2D eigenvalue weighted by atomic mass is 9.50. The minimum Gasteiger partial charge on any atom is -0.504 e. The number of nitrogens with zero attached hydrogens (tertiary/aromatic N) is 1. The normalized spacial score (nSPS) is 34.3. The van der Waals surface area contributed by atoms with Gasteiger partial charge in [0, 0.05) is 31.6 Å². The number of ether oxygens (including phenoxy) is 7. The summed E-state index contributed by atoms with van der Waals surface area (Å²) < 4.78 is 41.7. The molecule has 1 N–H and O–H groups in total. The monoisotopic (exact) mass is 541 g/mol. The fourth-order valence-corrected chi connectivity index (χ4v) is 8.15. The molecule has 39 heavy (non-hydrogen) atoms. The molecule has 10 heteroatoms. The van der Waals surface area contributed by atoms with Crippen LogP contribution in [0.25, 0.3) is 0 Å². The van der Waals surface area contributed by atoms with Gasteiger partial charge in [0.1, 0.15) is 12.2 Å². The Morgan fingerprint density at radius 1 is 1.00 bits per heavy atom. The quantitative estimate of drug-likeness (QED) is 0.526. The minimum atomic E-state index is -1.27. The number of phenolic OH excluding ortho intramolecular Hbond substituents is 1. The third kappa shape index (κ3) is 3.08. The number of phenols is 1. The molecular weight excluding hydrogens is 506 g/mol. The molecule has 0 amide bonds. The summed E-state index contributed by atoms with van der Waals surface area (Å²) in [6.45, 7) is 0.740. The molecule has 2 saturated heterocycles. The highest BCUT2D eigenvalue weighted by Crippen LogP contribution is 2.73. The fourth-order valence-electron chi connectivity index (χ4n) is 8.15. The zero-order chi connectivity index (χ0) is 27.7. The Balaban J connectivity index is 1.49. The maximum absolute atomic E-state index is 13.6. The van der Waals surface area contributed by atoms with E-state index >= 15 is 0 Å². The molecule has 4 aliphatic rings. The third-order valence-electron chi connectivity index (χ3n) is 9.61. The molecule has 1 spiro atoms. The summed E-state index contributed by atoms with van der Waals surface area (Å²) in [6, 6.07) is 8.62. The van der Waals surface area contributed by atoms with E-state index in [0.29, 0.717) is 42.1 Å². The second-order valence-corrected chi connectivity index (χ2v) is 10.8. The number of likely N-dealkylation sites (tertiary alicyclic amines) is 1. The fraction of sp³-hybridized carbons (Fsp3) is 0.552. The average molecular weight is 542 g/mol. The zero-order valence-corrected chi connectivity index (χ0v) is 23.1. The van der Waals surface area contributed by atoms with Gasteiger partial charge in [-0.2, -0.15) is 0 Å². The van der Waals surface area contributed by atoms with Crippen LogP contribution in [0.5, 0.6) is 23.0 Å². The molecule has 6 unspecified atom stereocenters. The van der Waals surface area contributed by atoms with Gasteiger partial charge >= 0.3 is 5.97 Å². The number of esters is 1. The van der Waals surface area contributed by atoms with Gasteiger partial charge < -0.3 is 38.3 Å². The molecule has 6 rings (SSSR count). The first-order valence-corrected chi connectivity index (χ1v) is 13.1. The van der Waals surface area contributed by atoms with Crippen molar-refractivity contribution >= 4 is 5.97 Å². The van der Waals surface area contributed by atoms with Crippen LogP contribution in [-0.2, 0) is 24.4 Å². The van der Waals surface area contributed by atoms with Gasteiger partial charge in [0.05, 0.1) is 38.5 Å². The van der Waals surface area contributed by atoms with Crippen LogP contribution in [0, 0.1) is 0 Å². The third-order valence-corrected chi connectivity index (χ3v) is 9.61. The van der Waals surface area contributed by atoms with E-state index in [1.54, 1.807) is 45.6 Å². The van der Waals surface area contributed by atoms with Gasteiger partial charge in [0.2, 0.25) is 5.79 Å². The molecule has 2 heterocycles. The Morgan fingerprint density at radius 3 is 2.38 bits per heavy atom. The number of carbonyl (C=O) groups is 1. The molecule has 2 bridgehead atoms. The highest BCUT2D eigenvalue weighted by Gasteiger charge is 2.83. The number of methoxy groups -OCH3 is 5. The molecule has 1 saturated carbocycles. The van der Waals surface area contributed by atoms with Crippen molar-refractivity contribution in [2.75, 3.05) is 49.1 Å². The molecule has 2 aliphatic carbocycles. The molecule has 0 aromatic heterocycles. The van der Waals surface area contributed by atoms with Crippen molar-refractivity contribution in [3.8, 4) is 23.0 Å². The summed E-state index contributed by atoms with van der Waals surface area (Å²) in [5.74, 6) is -0.384. The predicted molar refractivity (Wildman–Crippen MR) is 139 cm³/mol. The Bertz CT molecular complexity index is 1320. The van der Waals surface area contributed by atoms with Crippen LogP contribution in [0.4, 0.5) is 0 Å². The van der Waals surface area contributed by atoms with Crippen molar-refractivity contribution in [2.45, 2.75) is 54.3 Å². The molecule has 2 aromatic rings. The highest BCUT2D eigenvalue weighted by atomic mass is 16.7. The minimum absolute atomic E-state index is 0.0933. The van der Waals surface area contributed by atoms with Crippen molar-refractivity contribution in [1.29, 1.82) is 0 Å². The number of fused-ring (bicyclic) bond motifs is 3. The molecule has 3 fully saturated rings. The van der Waals surface area contributed by atoms with E-state index in [1.807, 2.05) is 6.07 Å². The second-order valence-electron chi connectivity index (χ2n) is 10.8. The number of rotatable bonds is 7. The van der Waals surface area contributed by atoms with E-state index in [2.05, 4.69) is 11.9 Å². The average Bonchev–Trinajstić information content (AvgIpc) is 3.45. The first-order chi connectivity index (χ1) is 18.8. The number of aromatic hydroxyl groups is 1.